The van der Waals surface area contributed by atoms with Crippen molar-refractivity contribution in [2.24, 2.45) is 5.41 Å². The first-order valence-corrected chi connectivity index (χ1v) is 11.8. The Bertz CT molecular complexity index is 1020. The van der Waals surface area contributed by atoms with Gasteiger partial charge < -0.3 is 9.84 Å². The van der Waals surface area contributed by atoms with Gasteiger partial charge in [-0.05, 0) is 43.9 Å². The molecule has 0 aromatic heterocycles. The Morgan fingerprint density at radius 1 is 1.03 bits per heavy atom. The van der Waals surface area contributed by atoms with Gasteiger partial charge in [-0.25, -0.2) is 8.42 Å². The molecule has 2 aromatic rings. The molecule has 0 amide bonds. The van der Waals surface area contributed by atoms with Crippen LogP contribution >= 0.6 is 0 Å². The second-order valence-corrected chi connectivity index (χ2v) is 10.7. The first kappa shape index (κ1) is 19.2. The number of aliphatic hydroxyl groups excluding tert-OH is 1. The van der Waals surface area contributed by atoms with E-state index in [0.29, 0.717) is 6.42 Å². The van der Waals surface area contributed by atoms with E-state index in [1.54, 1.807) is 16.4 Å². The van der Waals surface area contributed by atoms with Crippen molar-refractivity contribution in [2.75, 3.05) is 0 Å². The number of rotatable bonds is 3. The molecule has 2 heterocycles. The fourth-order valence-electron chi connectivity index (χ4n) is 5.71. The van der Waals surface area contributed by atoms with Crippen LogP contribution in [0.5, 0.6) is 0 Å². The Hall–Kier alpha value is -1.73. The molecule has 1 aliphatic carbocycles. The second-order valence-electron chi connectivity index (χ2n) is 8.91. The molecule has 2 saturated heterocycles. The van der Waals surface area contributed by atoms with E-state index in [9.17, 15) is 13.5 Å². The maximum atomic E-state index is 14.0. The molecule has 5 nitrogen and oxygen atoms in total. The quantitative estimate of drug-likeness (QED) is 0.832. The minimum absolute atomic E-state index is 0.275. The largest absolute Gasteiger partial charge is 0.390 e. The van der Waals surface area contributed by atoms with Crippen molar-refractivity contribution in [3.05, 3.63) is 65.7 Å². The van der Waals surface area contributed by atoms with E-state index in [-0.39, 0.29) is 4.90 Å². The lowest BCUT2D eigenvalue weighted by Gasteiger charge is -2.54. The van der Waals surface area contributed by atoms with Gasteiger partial charge in [0.05, 0.1) is 17.0 Å². The molecule has 5 rings (SSSR count). The maximum Gasteiger partial charge on any atom is 0.246 e. The van der Waals surface area contributed by atoms with Crippen molar-refractivity contribution in [3.8, 4) is 0 Å². The normalized spacial score (nSPS) is 36.9. The lowest BCUT2D eigenvalue weighted by Crippen LogP contribution is -2.65. The van der Waals surface area contributed by atoms with E-state index in [4.69, 9.17) is 4.74 Å². The molecule has 3 fully saturated rings. The number of sulfonamides is 1. The van der Waals surface area contributed by atoms with Gasteiger partial charge in [0.1, 0.15) is 11.8 Å². The summed E-state index contributed by atoms with van der Waals surface area (Å²) in [7, 11) is -3.83. The standard InChI is InChI=1S/C23H27NO4S/c1-16-10-12-18(13-11-16)29(26,27)24-19(17-8-4-3-5-9-17)20-21(25)22(2)14-6-7-15-23(22,24)28-20/h3-5,8-13,19-21,25H,6-7,14-15H2,1-2H3/t19-,20-,21+,22-,23-/m0/s1. The molecule has 1 spiro atoms. The van der Waals surface area contributed by atoms with Gasteiger partial charge >= 0.3 is 0 Å². The molecule has 1 saturated carbocycles. The molecule has 0 radical (unpaired) electrons. The predicted molar refractivity (Wildman–Crippen MR) is 110 cm³/mol. The van der Waals surface area contributed by atoms with E-state index in [1.165, 1.54) is 0 Å². The highest BCUT2D eigenvalue weighted by molar-refractivity contribution is 7.89. The molecule has 2 aromatic carbocycles. The van der Waals surface area contributed by atoms with Crippen LogP contribution in [-0.2, 0) is 14.8 Å². The zero-order valence-corrected chi connectivity index (χ0v) is 17.6. The van der Waals surface area contributed by atoms with Crippen LogP contribution in [0.4, 0.5) is 0 Å². The lowest BCUT2D eigenvalue weighted by molar-refractivity contribution is -0.143. The third kappa shape index (κ3) is 2.46. The Kier molecular flexibility index (Phi) is 4.24. The Balaban J connectivity index is 1.72. The van der Waals surface area contributed by atoms with Crippen molar-refractivity contribution >= 4 is 10.0 Å². The number of aliphatic hydroxyl groups is 1. The Labute approximate surface area is 172 Å². The minimum atomic E-state index is -3.83. The average Bonchev–Trinajstić information content (AvgIpc) is 3.18. The van der Waals surface area contributed by atoms with E-state index in [1.807, 2.05) is 56.3 Å². The number of fused-ring (bicyclic) bond motifs is 1. The van der Waals surface area contributed by atoms with Gasteiger partial charge in [-0.1, -0.05) is 61.4 Å². The third-order valence-electron chi connectivity index (χ3n) is 7.29. The average molecular weight is 414 g/mol. The maximum absolute atomic E-state index is 14.0. The van der Waals surface area contributed by atoms with Gasteiger partial charge in [0, 0.05) is 5.41 Å². The van der Waals surface area contributed by atoms with Crippen LogP contribution in [0.2, 0.25) is 0 Å². The van der Waals surface area contributed by atoms with Gasteiger partial charge in [0.2, 0.25) is 10.0 Å². The molecule has 1 N–H and O–H groups in total. The fourth-order valence-corrected chi connectivity index (χ4v) is 7.69. The molecular weight excluding hydrogens is 386 g/mol. The summed E-state index contributed by atoms with van der Waals surface area (Å²) in [6.45, 7) is 3.94. The van der Waals surface area contributed by atoms with Gasteiger partial charge in [0.15, 0.2) is 0 Å². The molecule has 5 atom stereocenters. The summed E-state index contributed by atoms with van der Waals surface area (Å²) in [6, 6.07) is 16.0. The highest BCUT2D eigenvalue weighted by Gasteiger charge is 2.76. The minimum Gasteiger partial charge on any atom is -0.390 e. The lowest BCUT2D eigenvalue weighted by atomic mass is 9.63. The van der Waals surface area contributed by atoms with E-state index in [0.717, 1.165) is 30.4 Å². The SMILES string of the molecule is Cc1ccc(S(=O)(=O)N2[C@@H](c3ccccc3)[C@@H]3O[C@]24CCCC[C@@]4(C)[C@@H]3O)cc1. The molecule has 3 aliphatic rings. The fraction of sp³-hybridized carbons (Fsp3) is 0.478. The zero-order chi connectivity index (χ0) is 20.4. The Morgan fingerprint density at radius 2 is 1.69 bits per heavy atom. The zero-order valence-electron chi connectivity index (χ0n) is 16.8. The van der Waals surface area contributed by atoms with Crippen LogP contribution in [-0.4, -0.2) is 35.8 Å². The first-order valence-electron chi connectivity index (χ1n) is 10.3. The molecule has 6 heteroatoms. The first-order chi connectivity index (χ1) is 13.8. The summed E-state index contributed by atoms with van der Waals surface area (Å²) in [5.41, 5.74) is 0.244. The molecule has 2 aliphatic heterocycles. The number of hydrogen-bond acceptors (Lipinski definition) is 4. The summed E-state index contributed by atoms with van der Waals surface area (Å²) < 4.78 is 36.1. The molecular formula is C23H27NO4S. The highest BCUT2D eigenvalue weighted by Crippen LogP contribution is 2.66. The van der Waals surface area contributed by atoms with Gasteiger partial charge in [0.25, 0.3) is 0 Å². The van der Waals surface area contributed by atoms with E-state index in [2.05, 4.69) is 0 Å². The number of nitrogens with zero attached hydrogens (tertiary/aromatic N) is 1. The van der Waals surface area contributed by atoms with Gasteiger partial charge in [-0.15, -0.1) is 0 Å². The summed E-state index contributed by atoms with van der Waals surface area (Å²) in [4.78, 5) is 0.275. The van der Waals surface area contributed by atoms with Crippen LogP contribution < -0.4 is 0 Å². The number of aryl methyl sites for hydroxylation is 1. The molecule has 0 unspecified atom stereocenters. The van der Waals surface area contributed by atoms with Crippen molar-refractivity contribution in [1.29, 1.82) is 0 Å². The number of benzene rings is 2. The summed E-state index contributed by atoms with van der Waals surface area (Å²) in [5, 5.41) is 11.2. The van der Waals surface area contributed by atoms with Crippen molar-refractivity contribution in [1.82, 2.24) is 4.31 Å². The smallest absolute Gasteiger partial charge is 0.246 e. The topological polar surface area (TPSA) is 66.8 Å². The monoisotopic (exact) mass is 413 g/mol. The summed E-state index contributed by atoms with van der Waals surface area (Å²) in [6.07, 6.45) is 1.95. The van der Waals surface area contributed by atoms with E-state index < -0.39 is 39.4 Å². The molecule has 154 valence electrons. The summed E-state index contributed by atoms with van der Waals surface area (Å²) >= 11 is 0. The Morgan fingerprint density at radius 3 is 2.38 bits per heavy atom. The van der Waals surface area contributed by atoms with Crippen LogP contribution in [0.25, 0.3) is 0 Å². The van der Waals surface area contributed by atoms with Gasteiger partial charge in [-0.2, -0.15) is 4.31 Å². The number of ether oxygens (including phenoxy) is 1. The van der Waals surface area contributed by atoms with Crippen molar-refractivity contribution in [2.45, 2.75) is 68.4 Å². The van der Waals surface area contributed by atoms with Crippen LogP contribution in [0.3, 0.4) is 0 Å². The van der Waals surface area contributed by atoms with Crippen LogP contribution in [0.15, 0.2) is 59.5 Å². The van der Waals surface area contributed by atoms with Crippen LogP contribution in [0, 0.1) is 12.3 Å². The van der Waals surface area contributed by atoms with Gasteiger partial charge in [-0.3, -0.25) is 0 Å². The van der Waals surface area contributed by atoms with Crippen molar-refractivity contribution in [3.63, 3.8) is 0 Å². The predicted octanol–water partition coefficient (Wildman–Crippen LogP) is 3.78. The number of hydrogen-bond donors (Lipinski definition) is 1. The number of piperidine rings is 1. The molecule has 29 heavy (non-hydrogen) atoms. The molecule has 2 bridgehead atoms. The second kappa shape index (κ2) is 6.38. The third-order valence-corrected chi connectivity index (χ3v) is 9.20. The summed E-state index contributed by atoms with van der Waals surface area (Å²) in [5.74, 6) is 0. The van der Waals surface area contributed by atoms with Crippen LogP contribution in [0.1, 0.15) is 49.8 Å². The van der Waals surface area contributed by atoms with Crippen molar-refractivity contribution < 1.29 is 18.3 Å². The van der Waals surface area contributed by atoms with E-state index >= 15 is 0 Å². The highest BCUT2D eigenvalue weighted by atomic mass is 32.2.